The molecule has 1 aromatic rings. The highest BCUT2D eigenvalue weighted by Crippen LogP contribution is 2.22. The molecule has 0 bridgehead atoms. The lowest BCUT2D eigenvalue weighted by Crippen LogP contribution is -2.42. The van der Waals surface area contributed by atoms with Crippen molar-refractivity contribution in [3.63, 3.8) is 0 Å². The fourth-order valence-electron chi connectivity index (χ4n) is 2.17. The van der Waals surface area contributed by atoms with Crippen LogP contribution >= 0.6 is 33.9 Å². The molecule has 1 saturated heterocycles. The number of rotatable bonds is 4. The third-order valence-corrected chi connectivity index (χ3v) is 6.60. The Balaban J connectivity index is 2.18. The van der Waals surface area contributed by atoms with Crippen molar-refractivity contribution in [1.29, 1.82) is 0 Å². The highest BCUT2D eigenvalue weighted by atomic mass is 127. The van der Waals surface area contributed by atoms with Gasteiger partial charge >= 0.3 is 0 Å². The fraction of sp³-hybridized carbons (Fsp3) is 0.545. The average Bonchev–Trinajstić information content (AvgIpc) is 2.91. The lowest BCUT2D eigenvalue weighted by Gasteiger charge is -2.27. The van der Waals surface area contributed by atoms with Gasteiger partial charge in [-0.2, -0.15) is 0 Å². The van der Waals surface area contributed by atoms with Crippen LogP contribution in [-0.4, -0.2) is 55.0 Å². The van der Waals surface area contributed by atoms with Crippen molar-refractivity contribution in [3.05, 3.63) is 19.9 Å². The van der Waals surface area contributed by atoms with Crippen LogP contribution < -0.4 is 0 Å². The van der Waals surface area contributed by atoms with Gasteiger partial charge in [0.15, 0.2) is 9.84 Å². The van der Waals surface area contributed by atoms with E-state index >= 15 is 0 Å². The van der Waals surface area contributed by atoms with Gasteiger partial charge in [-0.3, -0.25) is 4.79 Å². The summed E-state index contributed by atoms with van der Waals surface area (Å²) in [7, 11) is -3.04. The van der Waals surface area contributed by atoms with Crippen LogP contribution in [-0.2, 0) is 9.84 Å². The Morgan fingerprint density at radius 3 is 2.79 bits per heavy atom. The van der Waals surface area contributed by atoms with E-state index in [0.29, 0.717) is 12.0 Å². The molecule has 0 aliphatic carbocycles. The van der Waals surface area contributed by atoms with Gasteiger partial charge in [0.2, 0.25) is 0 Å². The predicted octanol–water partition coefficient (Wildman–Crippen LogP) is 0.974. The number of nitrogens with zero attached hydrogens (tertiary/aromatic N) is 1. The molecule has 1 atom stereocenters. The lowest BCUT2D eigenvalue weighted by atomic mass is 10.2. The predicted molar refractivity (Wildman–Crippen MR) is 82.2 cm³/mol. The third kappa shape index (κ3) is 3.67. The third-order valence-electron chi connectivity index (χ3n) is 3.07. The van der Waals surface area contributed by atoms with Gasteiger partial charge in [-0.15, -0.1) is 11.3 Å². The fourth-order valence-corrected chi connectivity index (χ4v) is 5.22. The zero-order chi connectivity index (χ0) is 14.0. The molecule has 0 spiro atoms. The van der Waals surface area contributed by atoms with E-state index in [1.165, 1.54) is 16.2 Å². The Morgan fingerprint density at radius 1 is 1.58 bits per heavy atom. The zero-order valence-electron chi connectivity index (χ0n) is 10.1. The normalized spacial score (nSPS) is 21.5. The Labute approximate surface area is 129 Å². The van der Waals surface area contributed by atoms with Crippen molar-refractivity contribution < 1.29 is 18.3 Å². The first-order valence-electron chi connectivity index (χ1n) is 5.79. The molecule has 0 saturated carbocycles. The second-order valence-electron chi connectivity index (χ2n) is 4.42. The summed E-state index contributed by atoms with van der Waals surface area (Å²) >= 11 is 3.60. The maximum absolute atomic E-state index is 12.4. The van der Waals surface area contributed by atoms with Crippen LogP contribution in [0.3, 0.4) is 0 Å². The van der Waals surface area contributed by atoms with Crippen LogP contribution in [0.25, 0.3) is 0 Å². The molecule has 1 fully saturated rings. The molecule has 1 N–H and O–H groups in total. The van der Waals surface area contributed by atoms with E-state index in [9.17, 15) is 13.2 Å². The molecule has 1 aliphatic heterocycles. The molecular formula is C11H14INO4S2. The van der Waals surface area contributed by atoms with Crippen molar-refractivity contribution in [2.45, 2.75) is 12.5 Å². The van der Waals surface area contributed by atoms with E-state index < -0.39 is 9.84 Å². The van der Waals surface area contributed by atoms with Crippen LogP contribution in [0.5, 0.6) is 0 Å². The van der Waals surface area contributed by atoms with E-state index in [0.717, 1.165) is 2.88 Å². The number of amides is 1. The molecule has 106 valence electrons. The number of sulfone groups is 1. The first-order valence-corrected chi connectivity index (χ1v) is 9.57. The van der Waals surface area contributed by atoms with Crippen molar-refractivity contribution >= 4 is 49.7 Å². The number of hydrogen-bond donors (Lipinski definition) is 1. The Morgan fingerprint density at radius 2 is 2.32 bits per heavy atom. The number of aliphatic hydroxyl groups is 1. The molecule has 5 nitrogen and oxygen atoms in total. The number of thiophene rings is 1. The molecule has 19 heavy (non-hydrogen) atoms. The highest BCUT2D eigenvalue weighted by molar-refractivity contribution is 14.1. The summed E-state index contributed by atoms with van der Waals surface area (Å²) in [4.78, 5) is 13.9. The van der Waals surface area contributed by atoms with Gasteiger partial charge in [0.05, 0.1) is 26.6 Å². The number of halogens is 1. The molecule has 8 heteroatoms. The molecule has 1 amide bonds. The summed E-state index contributed by atoms with van der Waals surface area (Å²) in [5.41, 5.74) is 0.562. The van der Waals surface area contributed by atoms with Gasteiger partial charge < -0.3 is 10.0 Å². The monoisotopic (exact) mass is 415 g/mol. The first kappa shape index (κ1) is 15.2. The molecule has 1 aliphatic rings. The minimum atomic E-state index is -3.04. The van der Waals surface area contributed by atoms with Gasteiger partial charge in [-0.05, 0) is 35.1 Å². The Bertz CT molecular complexity index is 569. The lowest BCUT2D eigenvalue weighted by molar-refractivity contribution is 0.0656. The van der Waals surface area contributed by atoms with E-state index in [4.69, 9.17) is 5.11 Å². The van der Waals surface area contributed by atoms with Crippen LogP contribution in [0.2, 0.25) is 0 Å². The zero-order valence-corrected chi connectivity index (χ0v) is 13.9. The van der Waals surface area contributed by atoms with E-state index in [1.54, 1.807) is 11.4 Å². The van der Waals surface area contributed by atoms with E-state index in [-0.39, 0.29) is 36.6 Å². The van der Waals surface area contributed by atoms with Crippen LogP contribution in [0.1, 0.15) is 16.8 Å². The maximum atomic E-state index is 12.4. The van der Waals surface area contributed by atoms with Gasteiger partial charge in [0.1, 0.15) is 0 Å². The van der Waals surface area contributed by atoms with Gasteiger partial charge in [-0.25, -0.2) is 8.42 Å². The molecule has 1 unspecified atom stereocenters. The van der Waals surface area contributed by atoms with E-state index in [1.807, 2.05) is 0 Å². The van der Waals surface area contributed by atoms with Crippen molar-refractivity contribution in [2.24, 2.45) is 0 Å². The number of aliphatic hydroxyl groups excluding tert-OH is 1. The molecular weight excluding hydrogens is 401 g/mol. The SMILES string of the molecule is O=C(c1csc(I)c1)N(CCO)C1CCS(=O)(=O)C1. The van der Waals surface area contributed by atoms with Gasteiger partial charge in [-0.1, -0.05) is 0 Å². The number of hydrogen-bond acceptors (Lipinski definition) is 5. The topological polar surface area (TPSA) is 74.7 Å². The van der Waals surface area contributed by atoms with Crippen LogP contribution in [0.15, 0.2) is 11.4 Å². The molecule has 2 rings (SSSR count). The maximum Gasteiger partial charge on any atom is 0.255 e. The summed E-state index contributed by atoms with van der Waals surface area (Å²) in [6.07, 6.45) is 0.454. The minimum absolute atomic E-state index is 0.0000305. The summed E-state index contributed by atoms with van der Waals surface area (Å²) in [5.74, 6) is -0.0797. The average molecular weight is 415 g/mol. The largest absolute Gasteiger partial charge is 0.395 e. The standard InChI is InChI=1S/C11H14INO4S2/c12-10-5-8(6-18-10)11(15)13(2-3-14)9-1-4-19(16,17)7-9/h5-6,9,14H,1-4,7H2. The smallest absolute Gasteiger partial charge is 0.255 e. The van der Waals surface area contributed by atoms with Gasteiger partial charge in [0.25, 0.3) is 5.91 Å². The van der Waals surface area contributed by atoms with Crippen molar-refractivity contribution in [3.8, 4) is 0 Å². The second kappa shape index (κ2) is 6.06. The molecule has 0 aromatic carbocycles. The second-order valence-corrected chi connectivity index (χ2v) is 9.45. The quantitative estimate of drug-likeness (QED) is 0.745. The van der Waals surface area contributed by atoms with Crippen LogP contribution in [0, 0.1) is 2.88 Å². The summed E-state index contributed by atoms with van der Waals surface area (Å²) < 4.78 is 24.0. The van der Waals surface area contributed by atoms with Crippen molar-refractivity contribution in [1.82, 2.24) is 4.90 Å². The van der Waals surface area contributed by atoms with Crippen LogP contribution in [0.4, 0.5) is 0 Å². The highest BCUT2D eigenvalue weighted by Gasteiger charge is 2.34. The van der Waals surface area contributed by atoms with Crippen molar-refractivity contribution in [2.75, 3.05) is 24.7 Å². The summed E-state index contributed by atoms with van der Waals surface area (Å²) in [5, 5.41) is 10.8. The van der Waals surface area contributed by atoms with Gasteiger partial charge in [0, 0.05) is 18.0 Å². The molecule has 1 aromatic heterocycles. The number of carbonyl (C=O) groups is 1. The summed E-state index contributed by atoms with van der Waals surface area (Å²) in [6.45, 7) is 0.00889. The molecule has 2 heterocycles. The minimum Gasteiger partial charge on any atom is -0.395 e. The molecule has 0 radical (unpaired) electrons. The first-order chi connectivity index (χ1) is 8.93. The Hall–Kier alpha value is -0.190. The Kier molecular flexibility index (Phi) is 4.85. The van der Waals surface area contributed by atoms with E-state index in [2.05, 4.69) is 22.6 Å². The number of carbonyl (C=O) groups excluding carboxylic acids is 1. The summed E-state index contributed by atoms with van der Waals surface area (Å²) in [6, 6.07) is 1.46.